The summed E-state index contributed by atoms with van der Waals surface area (Å²) in [7, 11) is 0. The van der Waals surface area contributed by atoms with Crippen molar-refractivity contribution in [2.75, 3.05) is 0 Å². The van der Waals surface area contributed by atoms with Crippen LogP contribution in [0.2, 0.25) is 0 Å². The van der Waals surface area contributed by atoms with Crippen LogP contribution in [-0.2, 0) is 19.1 Å². The standard InChI is InChI=1S/C16H26O2.C9H12F6O2/c1-4-16(2,3)15(17)18-14-9-10-8-13(14)12-7-5-6-11(10)12;1-4-7(2,3)6(16)17-5(8(10,11)12)9(13,14)15/h10-14H,4-9H2,1-3H3;5H,4H2,1-3H3. The van der Waals surface area contributed by atoms with Crippen LogP contribution in [0.3, 0.4) is 0 Å². The van der Waals surface area contributed by atoms with Crippen LogP contribution in [0.5, 0.6) is 0 Å². The van der Waals surface area contributed by atoms with Gasteiger partial charge in [-0.25, -0.2) is 0 Å². The van der Waals surface area contributed by atoms with E-state index < -0.39 is 29.8 Å². The molecule has 10 heteroatoms. The van der Waals surface area contributed by atoms with Gasteiger partial charge in [0.1, 0.15) is 6.10 Å². The van der Waals surface area contributed by atoms with Crippen molar-refractivity contribution in [3.8, 4) is 0 Å². The van der Waals surface area contributed by atoms with Gasteiger partial charge in [0.25, 0.3) is 6.10 Å². The predicted molar refractivity (Wildman–Crippen MR) is 117 cm³/mol. The fraction of sp³-hybridized carbons (Fsp3) is 0.920. The molecule has 5 unspecified atom stereocenters. The van der Waals surface area contributed by atoms with Crippen LogP contribution in [0, 0.1) is 34.5 Å². The average molecular weight is 517 g/mol. The van der Waals surface area contributed by atoms with E-state index in [0.29, 0.717) is 5.92 Å². The Labute approximate surface area is 203 Å². The molecule has 0 aromatic carbocycles. The van der Waals surface area contributed by atoms with Gasteiger partial charge in [0, 0.05) is 0 Å². The molecule has 0 saturated heterocycles. The van der Waals surface area contributed by atoms with Crippen LogP contribution in [0.1, 0.15) is 86.5 Å². The zero-order chi connectivity index (χ0) is 27.0. The number of hydrogen-bond donors (Lipinski definition) is 0. The Balaban J connectivity index is 0.000000248. The number of carbonyl (C=O) groups excluding carboxylic acids is 2. The Bertz CT molecular complexity index is 744. The molecule has 0 aromatic heterocycles. The first-order valence-electron chi connectivity index (χ1n) is 12.4. The number of alkyl halides is 6. The number of ether oxygens (including phenoxy) is 2. The molecular formula is C25H38F6O4. The topological polar surface area (TPSA) is 52.6 Å². The van der Waals surface area contributed by atoms with Gasteiger partial charge >= 0.3 is 24.3 Å². The molecule has 0 aliphatic heterocycles. The lowest BCUT2D eigenvalue weighted by Crippen LogP contribution is -2.47. The van der Waals surface area contributed by atoms with Gasteiger partial charge in [0.2, 0.25) is 0 Å². The average Bonchev–Trinajstić information content (AvgIpc) is 3.44. The van der Waals surface area contributed by atoms with Crippen molar-refractivity contribution >= 4 is 11.9 Å². The van der Waals surface area contributed by atoms with Gasteiger partial charge in [0.05, 0.1) is 10.8 Å². The van der Waals surface area contributed by atoms with Gasteiger partial charge in [-0.05, 0) is 89.9 Å². The fourth-order valence-electron chi connectivity index (χ4n) is 5.31. The third kappa shape index (κ3) is 6.85. The van der Waals surface area contributed by atoms with Gasteiger partial charge in [-0.3, -0.25) is 9.59 Å². The monoisotopic (exact) mass is 516 g/mol. The molecule has 5 atom stereocenters. The lowest BCUT2D eigenvalue weighted by molar-refractivity contribution is -0.315. The molecular weight excluding hydrogens is 478 g/mol. The third-order valence-corrected chi connectivity index (χ3v) is 8.32. The first kappa shape index (κ1) is 29.7. The summed E-state index contributed by atoms with van der Waals surface area (Å²) in [4.78, 5) is 23.4. The van der Waals surface area contributed by atoms with Crippen LogP contribution < -0.4 is 0 Å². The summed E-state index contributed by atoms with van der Waals surface area (Å²) >= 11 is 0. The van der Waals surface area contributed by atoms with Crippen LogP contribution in [0.25, 0.3) is 0 Å². The summed E-state index contributed by atoms with van der Waals surface area (Å²) in [5, 5.41) is 0. The molecule has 3 fully saturated rings. The normalized spacial score (nSPS) is 28.4. The van der Waals surface area contributed by atoms with E-state index in [4.69, 9.17) is 4.74 Å². The summed E-state index contributed by atoms with van der Waals surface area (Å²) in [6.07, 6.45) is -7.53. The summed E-state index contributed by atoms with van der Waals surface area (Å²) in [6, 6.07) is 0. The molecule has 3 aliphatic carbocycles. The number of rotatable bonds is 6. The van der Waals surface area contributed by atoms with E-state index in [-0.39, 0.29) is 23.9 Å². The van der Waals surface area contributed by atoms with Crippen molar-refractivity contribution in [3.63, 3.8) is 0 Å². The molecule has 35 heavy (non-hydrogen) atoms. The first-order chi connectivity index (χ1) is 15.8. The molecule has 3 rings (SSSR count). The highest BCUT2D eigenvalue weighted by Gasteiger charge is 2.60. The second kappa shape index (κ2) is 10.5. The number of hydrogen-bond acceptors (Lipinski definition) is 4. The summed E-state index contributed by atoms with van der Waals surface area (Å²) < 4.78 is 81.8. The number of halogens is 6. The summed E-state index contributed by atoms with van der Waals surface area (Å²) in [5.41, 5.74) is -1.70. The van der Waals surface area contributed by atoms with E-state index in [0.717, 1.165) is 30.6 Å². The molecule has 0 radical (unpaired) electrons. The molecule has 0 amide bonds. The van der Waals surface area contributed by atoms with Gasteiger partial charge in [-0.1, -0.05) is 20.3 Å². The van der Waals surface area contributed by atoms with E-state index in [9.17, 15) is 35.9 Å². The zero-order valence-corrected chi connectivity index (χ0v) is 21.3. The molecule has 3 aliphatic rings. The molecule has 0 aromatic rings. The van der Waals surface area contributed by atoms with Gasteiger partial charge < -0.3 is 9.47 Å². The lowest BCUT2D eigenvalue weighted by Gasteiger charge is -2.33. The number of fused-ring (bicyclic) bond motifs is 5. The van der Waals surface area contributed by atoms with Gasteiger partial charge in [-0.15, -0.1) is 0 Å². The minimum Gasteiger partial charge on any atom is -0.462 e. The van der Waals surface area contributed by atoms with Crippen molar-refractivity contribution in [2.24, 2.45) is 34.5 Å². The smallest absolute Gasteiger partial charge is 0.434 e. The van der Waals surface area contributed by atoms with Crippen LogP contribution in [0.15, 0.2) is 0 Å². The minimum absolute atomic E-state index is 0.0251. The minimum atomic E-state index is -5.67. The van der Waals surface area contributed by atoms with Gasteiger partial charge in [-0.2, -0.15) is 26.3 Å². The third-order valence-electron chi connectivity index (χ3n) is 8.32. The van der Waals surface area contributed by atoms with Crippen LogP contribution in [-0.4, -0.2) is 36.5 Å². The Hall–Kier alpha value is -1.48. The highest BCUT2D eigenvalue weighted by molar-refractivity contribution is 5.76. The van der Waals surface area contributed by atoms with E-state index in [1.54, 1.807) is 0 Å². The second-order valence-electron chi connectivity index (χ2n) is 11.4. The molecule has 3 saturated carbocycles. The van der Waals surface area contributed by atoms with Crippen molar-refractivity contribution in [1.82, 2.24) is 0 Å². The van der Waals surface area contributed by atoms with Crippen molar-refractivity contribution in [1.29, 1.82) is 0 Å². The van der Waals surface area contributed by atoms with E-state index in [1.165, 1.54) is 46.5 Å². The Morgan fingerprint density at radius 3 is 1.74 bits per heavy atom. The summed E-state index contributed by atoms with van der Waals surface area (Å²) in [6.45, 7) is 9.94. The predicted octanol–water partition coefficient (Wildman–Crippen LogP) is 7.25. The zero-order valence-electron chi connectivity index (χ0n) is 21.3. The van der Waals surface area contributed by atoms with E-state index >= 15 is 0 Å². The van der Waals surface area contributed by atoms with E-state index in [2.05, 4.69) is 11.7 Å². The van der Waals surface area contributed by atoms with Crippen molar-refractivity contribution in [2.45, 2.75) is 111 Å². The SMILES string of the molecule is CCC(C)(C)C(=O)OC(C(F)(F)F)C(F)(F)F.CCC(C)(C)C(=O)OC1CC2CC1C1CCCC21. The number of esters is 2. The molecule has 2 bridgehead atoms. The molecule has 0 spiro atoms. The summed E-state index contributed by atoms with van der Waals surface area (Å²) in [5.74, 6) is 1.91. The maximum absolute atomic E-state index is 12.2. The highest BCUT2D eigenvalue weighted by Crippen LogP contribution is 2.59. The molecule has 204 valence electrons. The largest absolute Gasteiger partial charge is 0.462 e. The van der Waals surface area contributed by atoms with Crippen molar-refractivity contribution in [3.05, 3.63) is 0 Å². The molecule has 0 N–H and O–H groups in total. The Kier molecular flexibility index (Phi) is 8.91. The Morgan fingerprint density at radius 2 is 1.26 bits per heavy atom. The van der Waals surface area contributed by atoms with Crippen molar-refractivity contribution < 1.29 is 45.4 Å². The quantitative estimate of drug-likeness (QED) is 0.276. The second-order valence-corrected chi connectivity index (χ2v) is 11.4. The first-order valence-corrected chi connectivity index (χ1v) is 12.4. The van der Waals surface area contributed by atoms with Gasteiger partial charge in [0.15, 0.2) is 0 Å². The maximum Gasteiger partial charge on any atom is 0.434 e. The number of carbonyl (C=O) groups is 2. The fourth-order valence-corrected chi connectivity index (χ4v) is 5.31. The maximum atomic E-state index is 12.2. The lowest BCUT2D eigenvalue weighted by atomic mass is 9.80. The Morgan fingerprint density at radius 1 is 0.771 bits per heavy atom. The molecule has 0 heterocycles. The molecule has 4 nitrogen and oxygen atoms in total. The van der Waals surface area contributed by atoms with Crippen LogP contribution in [0.4, 0.5) is 26.3 Å². The van der Waals surface area contributed by atoms with E-state index in [1.807, 2.05) is 13.8 Å². The van der Waals surface area contributed by atoms with Crippen LogP contribution >= 0.6 is 0 Å². The highest BCUT2D eigenvalue weighted by atomic mass is 19.4.